The Kier molecular flexibility index (Phi) is 6.14. The molecule has 24 heavy (non-hydrogen) atoms. The third-order valence-corrected chi connectivity index (χ3v) is 3.80. The van der Waals surface area contributed by atoms with E-state index in [1.807, 2.05) is 6.07 Å². The summed E-state index contributed by atoms with van der Waals surface area (Å²) in [5, 5.41) is 8.65. The van der Waals surface area contributed by atoms with E-state index in [0.29, 0.717) is 17.1 Å². The van der Waals surface area contributed by atoms with E-state index in [2.05, 4.69) is 15.9 Å². The molecule has 0 fully saturated rings. The number of carbonyl (C=O) groups excluding carboxylic acids is 1. The molecule has 0 aromatic heterocycles. The summed E-state index contributed by atoms with van der Waals surface area (Å²) in [7, 11) is 1.46. The summed E-state index contributed by atoms with van der Waals surface area (Å²) >= 11 is 3.35. The fraction of sp³-hybridized carbons (Fsp3) is 0.111. The lowest BCUT2D eigenvalue weighted by atomic mass is 10.1. The highest BCUT2D eigenvalue weighted by Gasteiger charge is 2.08. The summed E-state index contributed by atoms with van der Waals surface area (Å²) in [5.74, 6) is -0.478. The Bertz CT molecular complexity index is 783. The predicted octanol–water partition coefficient (Wildman–Crippen LogP) is 3.82. The molecule has 0 aliphatic heterocycles. The largest absolute Gasteiger partial charge is 0.493 e. The summed E-state index contributed by atoms with van der Waals surface area (Å²) in [6, 6.07) is 12.2. The number of carboxylic acid groups (broad SMARTS) is 1. The van der Waals surface area contributed by atoms with Crippen molar-refractivity contribution in [3.05, 3.63) is 64.1 Å². The van der Waals surface area contributed by atoms with E-state index in [4.69, 9.17) is 14.6 Å². The van der Waals surface area contributed by atoms with Gasteiger partial charge in [0.05, 0.1) is 7.11 Å². The number of aliphatic carboxylic acids is 1. The lowest BCUT2D eigenvalue weighted by Gasteiger charge is -2.09. The molecule has 0 bridgehead atoms. The molecule has 5 nitrogen and oxygen atoms in total. The second-order valence-electron chi connectivity index (χ2n) is 4.77. The van der Waals surface area contributed by atoms with Crippen molar-refractivity contribution < 1.29 is 24.2 Å². The molecular formula is C18H15BrO5. The Balaban J connectivity index is 2.16. The Labute approximate surface area is 147 Å². The van der Waals surface area contributed by atoms with Crippen molar-refractivity contribution in [2.45, 2.75) is 0 Å². The quantitative estimate of drug-likeness (QED) is 0.574. The predicted molar refractivity (Wildman–Crippen MR) is 93.6 cm³/mol. The molecular weight excluding hydrogens is 376 g/mol. The summed E-state index contributed by atoms with van der Waals surface area (Å²) in [5.41, 5.74) is 1.30. The third-order valence-electron chi connectivity index (χ3n) is 3.11. The average molecular weight is 391 g/mol. The average Bonchev–Trinajstić information content (AvgIpc) is 2.58. The normalized spacial score (nSPS) is 10.6. The number of ketones is 1. The number of carbonyl (C=O) groups is 2. The molecule has 2 aromatic carbocycles. The van der Waals surface area contributed by atoms with E-state index in [1.54, 1.807) is 42.5 Å². The van der Waals surface area contributed by atoms with Crippen LogP contribution in [-0.2, 0) is 4.79 Å². The minimum atomic E-state index is -1.07. The van der Waals surface area contributed by atoms with Crippen LogP contribution in [0.3, 0.4) is 0 Å². The maximum Gasteiger partial charge on any atom is 0.341 e. The number of ether oxygens (including phenoxy) is 2. The number of hydrogen-bond donors (Lipinski definition) is 1. The molecule has 0 spiro atoms. The summed E-state index contributed by atoms with van der Waals surface area (Å²) in [4.78, 5) is 22.8. The number of carboxylic acids is 1. The van der Waals surface area contributed by atoms with Gasteiger partial charge >= 0.3 is 5.97 Å². The number of benzene rings is 2. The van der Waals surface area contributed by atoms with E-state index in [0.717, 1.165) is 10.0 Å². The Morgan fingerprint density at radius 2 is 1.92 bits per heavy atom. The van der Waals surface area contributed by atoms with E-state index in [-0.39, 0.29) is 5.78 Å². The van der Waals surface area contributed by atoms with Crippen molar-refractivity contribution in [3.8, 4) is 11.5 Å². The Morgan fingerprint density at radius 1 is 1.17 bits per heavy atom. The topological polar surface area (TPSA) is 72.8 Å². The van der Waals surface area contributed by atoms with Gasteiger partial charge in [0.25, 0.3) is 0 Å². The molecule has 0 heterocycles. The Hall–Kier alpha value is -2.60. The van der Waals surface area contributed by atoms with Gasteiger partial charge in [0.1, 0.15) is 0 Å². The van der Waals surface area contributed by atoms with Gasteiger partial charge in [-0.1, -0.05) is 40.2 Å². The molecule has 0 saturated carbocycles. The van der Waals surface area contributed by atoms with Gasteiger partial charge in [0.15, 0.2) is 23.9 Å². The van der Waals surface area contributed by atoms with Gasteiger partial charge < -0.3 is 14.6 Å². The van der Waals surface area contributed by atoms with Crippen molar-refractivity contribution in [2.75, 3.05) is 13.7 Å². The molecule has 1 N–H and O–H groups in total. The van der Waals surface area contributed by atoms with Gasteiger partial charge in [-0.15, -0.1) is 0 Å². The first-order valence-corrected chi connectivity index (χ1v) is 7.80. The van der Waals surface area contributed by atoms with Crippen LogP contribution in [0.1, 0.15) is 15.9 Å². The van der Waals surface area contributed by atoms with Crippen LogP contribution in [0, 0.1) is 0 Å². The molecule has 0 unspecified atom stereocenters. The van der Waals surface area contributed by atoms with Gasteiger partial charge in [-0.25, -0.2) is 4.79 Å². The summed E-state index contributed by atoms with van der Waals surface area (Å²) in [6.45, 7) is -0.452. The first-order valence-electron chi connectivity index (χ1n) is 7.01. The van der Waals surface area contributed by atoms with Crippen LogP contribution in [-0.4, -0.2) is 30.6 Å². The van der Waals surface area contributed by atoms with Crippen LogP contribution in [0.15, 0.2) is 53.0 Å². The van der Waals surface area contributed by atoms with E-state index in [9.17, 15) is 9.59 Å². The van der Waals surface area contributed by atoms with E-state index >= 15 is 0 Å². The van der Waals surface area contributed by atoms with E-state index < -0.39 is 12.6 Å². The van der Waals surface area contributed by atoms with Crippen LogP contribution in [0.2, 0.25) is 0 Å². The SMILES string of the molecule is COc1cc(/C=C/C(=O)c2ccccc2Br)ccc1OCC(=O)O. The molecule has 0 radical (unpaired) electrons. The van der Waals surface area contributed by atoms with Crippen molar-refractivity contribution in [2.24, 2.45) is 0 Å². The van der Waals surface area contributed by atoms with Crippen molar-refractivity contribution in [3.63, 3.8) is 0 Å². The van der Waals surface area contributed by atoms with Gasteiger partial charge in [0, 0.05) is 10.0 Å². The molecule has 124 valence electrons. The Morgan fingerprint density at radius 3 is 2.58 bits per heavy atom. The lowest BCUT2D eigenvalue weighted by molar-refractivity contribution is -0.139. The minimum Gasteiger partial charge on any atom is -0.493 e. The fourth-order valence-electron chi connectivity index (χ4n) is 1.97. The fourth-order valence-corrected chi connectivity index (χ4v) is 2.45. The van der Waals surface area contributed by atoms with Crippen LogP contribution >= 0.6 is 15.9 Å². The second-order valence-corrected chi connectivity index (χ2v) is 5.62. The summed E-state index contributed by atoms with van der Waals surface area (Å²) in [6.07, 6.45) is 3.12. The monoisotopic (exact) mass is 390 g/mol. The van der Waals surface area contributed by atoms with Gasteiger partial charge in [0.2, 0.25) is 0 Å². The number of halogens is 1. The van der Waals surface area contributed by atoms with Crippen molar-refractivity contribution >= 4 is 33.8 Å². The molecule has 6 heteroatoms. The number of methoxy groups -OCH3 is 1. The standard InChI is InChI=1S/C18H15BrO5/c1-23-17-10-12(7-9-16(17)24-11-18(21)22)6-8-15(20)13-4-2-3-5-14(13)19/h2-10H,11H2,1H3,(H,21,22)/b8-6+. The molecule has 2 aromatic rings. The van der Waals surface area contributed by atoms with Crippen LogP contribution in [0.4, 0.5) is 0 Å². The lowest BCUT2D eigenvalue weighted by Crippen LogP contribution is -2.10. The molecule has 0 amide bonds. The minimum absolute atomic E-state index is 0.132. The number of allylic oxidation sites excluding steroid dienone is 1. The van der Waals surface area contributed by atoms with Gasteiger partial charge in [-0.3, -0.25) is 4.79 Å². The van der Waals surface area contributed by atoms with Crippen LogP contribution < -0.4 is 9.47 Å². The maximum absolute atomic E-state index is 12.2. The van der Waals surface area contributed by atoms with E-state index in [1.165, 1.54) is 13.2 Å². The second kappa shape index (κ2) is 8.31. The van der Waals surface area contributed by atoms with Crippen LogP contribution in [0.25, 0.3) is 6.08 Å². The van der Waals surface area contributed by atoms with Gasteiger partial charge in [-0.2, -0.15) is 0 Å². The summed E-state index contributed by atoms with van der Waals surface area (Å²) < 4.78 is 11.0. The van der Waals surface area contributed by atoms with Crippen LogP contribution in [0.5, 0.6) is 11.5 Å². The first-order chi connectivity index (χ1) is 11.5. The maximum atomic E-state index is 12.2. The number of hydrogen-bond acceptors (Lipinski definition) is 4. The molecule has 0 aliphatic rings. The highest BCUT2D eigenvalue weighted by molar-refractivity contribution is 9.10. The smallest absolute Gasteiger partial charge is 0.341 e. The highest BCUT2D eigenvalue weighted by Crippen LogP contribution is 2.28. The third kappa shape index (κ3) is 4.70. The first kappa shape index (κ1) is 17.7. The van der Waals surface area contributed by atoms with Crippen molar-refractivity contribution in [1.82, 2.24) is 0 Å². The molecule has 2 rings (SSSR count). The zero-order chi connectivity index (χ0) is 17.5. The highest BCUT2D eigenvalue weighted by atomic mass is 79.9. The zero-order valence-corrected chi connectivity index (χ0v) is 14.4. The molecule has 0 atom stereocenters. The van der Waals surface area contributed by atoms with Gasteiger partial charge in [-0.05, 0) is 35.9 Å². The zero-order valence-electron chi connectivity index (χ0n) is 12.9. The van der Waals surface area contributed by atoms with Crippen molar-refractivity contribution in [1.29, 1.82) is 0 Å². The molecule has 0 aliphatic carbocycles. The number of rotatable bonds is 7. The molecule has 0 saturated heterocycles.